The van der Waals surface area contributed by atoms with Crippen molar-refractivity contribution in [3.63, 3.8) is 0 Å². The van der Waals surface area contributed by atoms with Gasteiger partial charge in [-0.25, -0.2) is 4.98 Å². The van der Waals surface area contributed by atoms with Gasteiger partial charge in [0.25, 0.3) is 0 Å². The number of aliphatic hydroxyl groups is 1. The first-order valence-electron chi connectivity index (χ1n) is 12.1. The molecule has 0 bridgehead atoms. The van der Waals surface area contributed by atoms with Gasteiger partial charge in [0.15, 0.2) is 0 Å². The van der Waals surface area contributed by atoms with Crippen LogP contribution in [0.2, 0.25) is 0 Å². The van der Waals surface area contributed by atoms with Crippen LogP contribution in [0.1, 0.15) is 45.8 Å². The van der Waals surface area contributed by atoms with Gasteiger partial charge in [0.05, 0.1) is 12.6 Å². The Balaban J connectivity index is 2.08. The minimum atomic E-state index is -1.23. The number of methoxy groups -OCH3 is 1. The fourth-order valence-corrected chi connectivity index (χ4v) is 5.31. The molecule has 188 valence electrons. The van der Waals surface area contributed by atoms with E-state index in [1.54, 1.807) is 7.11 Å². The number of benzene rings is 2. The Morgan fingerprint density at radius 1 is 1.03 bits per heavy atom. The van der Waals surface area contributed by atoms with Crippen molar-refractivity contribution in [2.24, 2.45) is 0 Å². The van der Waals surface area contributed by atoms with Crippen LogP contribution >= 0.6 is 15.9 Å². The van der Waals surface area contributed by atoms with Gasteiger partial charge < -0.3 is 14.7 Å². The molecular weight excluding hydrogens is 514 g/mol. The third-order valence-corrected chi connectivity index (χ3v) is 7.51. The molecule has 1 N–H and O–H groups in total. The summed E-state index contributed by atoms with van der Waals surface area (Å²) in [5.41, 5.74) is 5.43. The van der Waals surface area contributed by atoms with Gasteiger partial charge in [0.1, 0.15) is 5.60 Å². The number of hydrogen-bond acceptors (Lipinski definition) is 5. The molecule has 0 spiro atoms. The maximum absolute atomic E-state index is 12.8. The number of halogens is 1. The van der Waals surface area contributed by atoms with Crippen LogP contribution in [-0.4, -0.2) is 47.7 Å². The third kappa shape index (κ3) is 5.17. The van der Waals surface area contributed by atoms with Crippen molar-refractivity contribution in [3.8, 4) is 5.88 Å². The van der Waals surface area contributed by atoms with E-state index in [4.69, 9.17) is 9.72 Å². The summed E-state index contributed by atoms with van der Waals surface area (Å²) in [7, 11) is 5.70. The Morgan fingerprint density at radius 3 is 2.50 bits per heavy atom. The molecule has 0 radical (unpaired) electrons. The van der Waals surface area contributed by atoms with Crippen LogP contribution in [0.4, 0.5) is 0 Å². The lowest BCUT2D eigenvalue weighted by Crippen LogP contribution is -2.38. The minimum Gasteiger partial charge on any atom is -0.481 e. The molecule has 6 heteroatoms. The van der Waals surface area contributed by atoms with E-state index < -0.39 is 11.5 Å². The van der Waals surface area contributed by atoms with Crippen LogP contribution in [0.5, 0.6) is 5.88 Å². The van der Waals surface area contributed by atoms with E-state index in [2.05, 4.69) is 63.9 Å². The molecular formula is C30H34BrN3O2. The minimum absolute atomic E-state index is 0.438. The highest BCUT2D eigenvalue weighted by molar-refractivity contribution is 9.10. The summed E-state index contributed by atoms with van der Waals surface area (Å²) in [6.45, 7) is 6.85. The van der Waals surface area contributed by atoms with Gasteiger partial charge in [0, 0.05) is 39.8 Å². The molecule has 0 aliphatic rings. The number of hydrogen-bond donors (Lipinski definition) is 1. The second-order valence-electron chi connectivity index (χ2n) is 9.81. The predicted octanol–water partition coefficient (Wildman–Crippen LogP) is 6.30. The topological polar surface area (TPSA) is 58.5 Å². The molecule has 0 aliphatic heterocycles. The predicted molar refractivity (Wildman–Crippen MR) is 150 cm³/mol. The first-order valence-corrected chi connectivity index (χ1v) is 12.9. The summed E-state index contributed by atoms with van der Waals surface area (Å²) >= 11 is 3.60. The second-order valence-corrected chi connectivity index (χ2v) is 10.7. The second kappa shape index (κ2) is 10.7. The molecule has 0 saturated carbocycles. The molecule has 2 atom stereocenters. The van der Waals surface area contributed by atoms with Crippen LogP contribution in [0, 0.1) is 20.8 Å². The van der Waals surface area contributed by atoms with Crippen LogP contribution in [0.15, 0.2) is 65.3 Å². The van der Waals surface area contributed by atoms with Crippen molar-refractivity contribution in [3.05, 3.63) is 98.8 Å². The number of aromatic nitrogens is 2. The molecule has 0 fully saturated rings. The smallest absolute Gasteiger partial charge is 0.217 e. The van der Waals surface area contributed by atoms with Crippen molar-refractivity contribution in [2.45, 2.75) is 38.7 Å². The number of aryl methyl sites for hydroxylation is 2. The van der Waals surface area contributed by atoms with Gasteiger partial charge >= 0.3 is 0 Å². The highest BCUT2D eigenvalue weighted by atomic mass is 79.9. The largest absolute Gasteiger partial charge is 0.481 e. The molecule has 2 aromatic heterocycles. The molecule has 0 aliphatic carbocycles. The Bertz CT molecular complexity index is 1390. The molecule has 2 aromatic carbocycles. The Labute approximate surface area is 222 Å². The summed E-state index contributed by atoms with van der Waals surface area (Å²) in [4.78, 5) is 11.5. The van der Waals surface area contributed by atoms with E-state index in [1.165, 1.54) is 0 Å². The lowest BCUT2D eigenvalue weighted by atomic mass is 9.70. The SMILES string of the molecule is COc1nc2ccc(Br)cc2cc1C(c1ccnc(C)c1C)C(O)(CCN(C)C)c1cccc(C)c1. The lowest BCUT2D eigenvalue weighted by Gasteiger charge is -2.39. The van der Waals surface area contributed by atoms with Crippen molar-refractivity contribution < 1.29 is 9.84 Å². The Kier molecular flexibility index (Phi) is 7.79. The summed E-state index contributed by atoms with van der Waals surface area (Å²) < 4.78 is 6.85. The maximum Gasteiger partial charge on any atom is 0.217 e. The fraction of sp³-hybridized carbons (Fsp3) is 0.333. The van der Waals surface area contributed by atoms with Crippen molar-refractivity contribution in [2.75, 3.05) is 27.7 Å². The molecule has 0 amide bonds. The number of nitrogens with zero attached hydrogens (tertiary/aromatic N) is 3. The van der Waals surface area contributed by atoms with Crippen molar-refractivity contribution in [1.82, 2.24) is 14.9 Å². The van der Waals surface area contributed by atoms with E-state index >= 15 is 0 Å². The van der Waals surface area contributed by atoms with E-state index in [0.717, 1.165) is 48.9 Å². The van der Waals surface area contributed by atoms with E-state index in [1.807, 2.05) is 57.5 Å². The standard InChI is InChI=1S/C30H34BrN3O2/c1-19-8-7-9-23(16-19)30(35,13-15-34(4)5)28(25-12-14-32-21(3)20(25)2)26-18-22-17-24(31)10-11-27(22)33-29(26)36-6/h7-12,14,16-18,28,35H,13,15H2,1-6H3. The quantitative estimate of drug-likeness (QED) is 0.280. The van der Waals surface area contributed by atoms with E-state index in [0.29, 0.717) is 18.8 Å². The number of pyridine rings is 2. The molecule has 5 nitrogen and oxygen atoms in total. The number of ether oxygens (including phenoxy) is 1. The van der Waals surface area contributed by atoms with Gasteiger partial charge in [-0.1, -0.05) is 45.8 Å². The molecule has 2 unspecified atom stereocenters. The summed E-state index contributed by atoms with van der Waals surface area (Å²) in [6.07, 6.45) is 2.35. The van der Waals surface area contributed by atoms with Crippen LogP contribution in [0.25, 0.3) is 10.9 Å². The number of fused-ring (bicyclic) bond motifs is 1. The molecule has 4 rings (SSSR count). The zero-order valence-electron chi connectivity index (χ0n) is 21.8. The summed E-state index contributed by atoms with van der Waals surface area (Å²) in [5, 5.41) is 13.8. The monoisotopic (exact) mass is 547 g/mol. The van der Waals surface area contributed by atoms with Gasteiger partial charge in [-0.3, -0.25) is 4.98 Å². The summed E-state index contributed by atoms with van der Waals surface area (Å²) in [6, 6.07) is 18.3. The van der Waals surface area contributed by atoms with Crippen molar-refractivity contribution in [1.29, 1.82) is 0 Å². The molecule has 36 heavy (non-hydrogen) atoms. The highest BCUT2D eigenvalue weighted by Gasteiger charge is 2.43. The van der Waals surface area contributed by atoms with Crippen LogP contribution in [-0.2, 0) is 5.60 Å². The summed E-state index contributed by atoms with van der Waals surface area (Å²) in [5.74, 6) is 0.0754. The zero-order chi connectivity index (χ0) is 26.0. The normalized spacial score (nSPS) is 14.1. The van der Waals surface area contributed by atoms with Gasteiger partial charge in [-0.05, 0) is 88.3 Å². The lowest BCUT2D eigenvalue weighted by molar-refractivity contribution is 0.00355. The van der Waals surface area contributed by atoms with Crippen LogP contribution < -0.4 is 4.74 Å². The van der Waals surface area contributed by atoms with Gasteiger partial charge in [0.2, 0.25) is 5.88 Å². The molecule has 2 heterocycles. The maximum atomic E-state index is 12.8. The van der Waals surface area contributed by atoms with Gasteiger partial charge in [-0.2, -0.15) is 0 Å². The third-order valence-electron chi connectivity index (χ3n) is 7.02. The number of rotatable bonds is 8. The Morgan fingerprint density at radius 2 is 1.81 bits per heavy atom. The molecule has 4 aromatic rings. The van der Waals surface area contributed by atoms with Crippen molar-refractivity contribution >= 4 is 26.8 Å². The Hall–Kier alpha value is -2.80. The highest BCUT2D eigenvalue weighted by Crippen LogP contribution is 2.48. The zero-order valence-corrected chi connectivity index (χ0v) is 23.4. The van der Waals surface area contributed by atoms with Crippen LogP contribution in [0.3, 0.4) is 0 Å². The average Bonchev–Trinajstić information content (AvgIpc) is 2.85. The van der Waals surface area contributed by atoms with E-state index in [-0.39, 0.29) is 0 Å². The first-order chi connectivity index (χ1) is 17.1. The first kappa shape index (κ1) is 26.3. The fourth-order valence-electron chi connectivity index (χ4n) is 4.93. The van der Waals surface area contributed by atoms with Gasteiger partial charge in [-0.15, -0.1) is 0 Å². The van der Waals surface area contributed by atoms with E-state index in [9.17, 15) is 5.11 Å². The average molecular weight is 549 g/mol. The molecule has 0 saturated heterocycles.